The highest BCUT2D eigenvalue weighted by atomic mass is 15.1. The molecule has 0 fully saturated rings. The van der Waals surface area contributed by atoms with E-state index in [1.165, 1.54) is 5.56 Å². The quantitative estimate of drug-likeness (QED) is 0.888. The van der Waals surface area contributed by atoms with E-state index in [1.54, 1.807) is 0 Å². The second-order valence-electron chi connectivity index (χ2n) is 6.41. The van der Waals surface area contributed by atoms with Gasteiger partial charge in [-0.2, -0.15) is 0 Å². The van der Waals surface area contributed by atoms with Crippen LogP contribution in [0.4, 0.5) is 5.82 Å². The number of nitrogens with zero attached hydrogens (tertiary/aromatic N) is 2. The van der Waals surface area contributed by atoms with Crippen molar-refractivity contribution in [1.29, 1.82) is 0 Å². The first-order valence-electron chi connectivity index (χ1n) is 6.62. The minimum Gasteiger partial charge on any atom is -0.363 e. The lowest BCUT2D eigenvalue weighted by Gasteiger charge is -2.22. The highest BCUT2D eigenvalue weighted by Gasteiger charge is 2.11. The molecule has 0 unspecified atom stereocenters. The van der Waals surface area contributed by atoms with Crippen molar-refractivity contribution in [3.63, 3.8) is 0 Å². The Kier molecular flexibility index (Phi) is 4.74. The summed E-state index contributed by atoms with van der Waals surface area (Å²) in [5.74, 6) is 1.49. The van der Waals surface area contributed by atoms with E-state index in [9.17, 15) is 0 Å². The molecule has 18 heavy (non-hydrogen) atoms. The molecule has 1 heterocycles. The fraction of sp³-hybridized carbons (Fsp3) is 0.667. The van der Waals surface area contributed by atoms with Crippen LogP contribution in [-0.4, -0.2) is 24.6 Å². The van der Waals surface area contributed by atoms with Gasteiger partial charge < -0.3 is 10.2 Å². The van der Waals surface area contributed by atoms with E-state index in [4.69, 9.17) is 0 Å². The fourth-order valence-corrected chi connectivity index (χ4v) is 1.59. The van der Waals surface area contributed by atoms with Gasteiger partial charge in [0.1, 0.15) is 5.82 Å². The van der Waals surface area contributed by atoms with Crippen molar-refractivity contribution >= 4 is 5.82 Å². The van der Waals surface area contributed by atoms with Gasteiger partial charge in [-0.3, -0.25) is 0 Å². The van der Waals surface area contributed by atoms with Crippen LogP contribution in [0.5, 0.6) is 0 Å². The van der Waals surface area contributed by atoms with Gasteiger partial charge in [-0.15, -0.1) is 0 Å². The van der Waals surface area contributed by atoms with Crippen molar-refractivity contribution in [2.45, 2.75) is 52.6 Å². The van der Waals surface area contributed by atoms with Crippen molar-refractivity contribution in [3.05, 3.63) is 23.4 Å². The third kappa shape index (κ3) is 4.65. The Morgan fingerprint density at radius 2 is 1.83 bits per heavy atom. The van der Waals surface area contributed by atoms with Gasteiger partial charge in [-0.05, 0) is 44.4 Å². The summed E-state index contributed by atoms with van der Waals surface area (Å²) in [6, 6.07) is 4.36. The number of nitrogens with one attached hydrogen (secondary N) is 1. The molecule has 102 valence electrons. The SMILES string of the molecule is CC(C)c1cc(CNC(C)(C)C)cc(N(C)C)n1. The lowest BCUT2D eigenvalue weighted by atomic mass is 10.1. The molecular weight excluding hydrogens is 222 g/mol. The minimum absolute atomic E-state index is 0.138. The van der Waals surface area contributed by atoms with Crippen LogP contribution < -0.4 is 10.2 Å². The number of aromatic nitrogens is 1. The van der Waals surface area contributed by atoms with Crippen LogP contribution >= 0.6 is 0 Å². The first kappa shape index (κ1) is 15.0. The standard InChI is InChI=1S/C15H27N3/c1-11(2)13-8-12(10-16-15(3,4)5)9-14(17-13)18(6)7/h8-9,11,16H,10H2,1-7H3. The van der Waals surface area contributed by atoms with Gasteiger partial charge in [0, 0.05) is 31.9 Å². The highest BCUT2D eigenvalue weighted by Crippen LogP contribution is 2.19. The summed E-state index contributed by atoms with van der Waals surface area (Å²) in [7, 11) is 4.07. The Morgan fingerprint density at radius 3 is 2.28 bits per heavy atom. The lowest BCUT2D eigenvalue weighted by Crippen LogP contribution is -2.35. The molecule has 1 N–H and O–H groups in total. The molecule has 3 heteroatoms. The van der Waals surface area contributed by atoms with Crippen molar-refractivity contribution < 1.29 is 0 Å². The van der Waals surface area contributed by atoms with E-state index in [2.05, 4.69) is 62.0 Å². The van der Waals surface area contributed by atoms with Crippen molar-refractivity contribution in [3.8, 4) is 0 Å². The highest BCUT2D eigenvalue weighted by molar-refractivity contribution is 5.41. The molecule has 0 aliphatic heterocycles. The molecule has 0 atom stereocenters. The second kappa shape index (κ2) is 5.70. The minimum atomic E-state index is 0.138. The maximum Gasteiger partial charge on any atom is 0.128 e. The van der Waals surface area contributed by atoms with E-state index in [0.717, 1.165) is 18.1 Å². The average molecular weight is 249 g/mol. The first-order chi connectivity index (χ1) is 8.19. The number of anilines is 1. The predicted molar refractivity (Wildman–Crippen MR) is 79.2 cm³/mol. The molecule has 0 aliphatic carbocycles. The van der Waals surface area contributed by atoms with Crippen LogP contribution in [0.15, 0.2) is 12.1 Å². The zero-order valence-corrected chi connectivity index (χ0v) is 12.8. The summed E-state index contributed by atoms with van der Waals surface area (Å²) < 4.78 is 0. The van der Waals surface area contributed by atoms with E-state index < -0.39 is 0 Å². The van der Waals surface area contributed by atoms with Crippen LogP contribution in [0.3, 0.4) is 0 Å². The monoisotopic (exact) mass is 249 g/mol. The van der Waals surface area contributed by atoms with Gasteiger partial charge >= 0.3 is 0 Å². The van der Waals surface area contributed by atoms with Crippen LogP contribution in [0.1, 0.15) is 51.8 Å². The van der Waals surface area contributed by atoms with Gasteiger partial charge in [0.15, 0.2) is 0 Å². The largest absolute Gasteiger partial charge is 0.363 e. The summed E-state index contributed by atoms with van der Waals surface area (Å²) in [5.41, 5.74) is 2.60. The molecule has 0 bridgehead atoms. The molecule has 0 spiro atoms. The van der Waals surface area contributed by atoms with Gasteiger partial charge in [0.25, 0.3) is 0 Å². The van der Waals surface area contributed by atoms with Gasteiger partial charge in [-0.1, -0.05) is 13.8 Å². The second-order valence-corrected chi connectivity index (χ2v) is 6.41. The number of hydrogen-bond donors (Lipinski definition) is 1. The lowest BCUT2D eigenvalue weighted by molar-refractivity contribution is 0.424. The number of pyridine rings is 1. The summed E-state index contributed by atoms with van der Waals surface area (Å²) in [6.45, 7) is 11.8. The molecule has 0 aromatic carbocycles. The Balaban J connectivity index is 2.96. The molecule has 0 amide bonds. The van der Waals surface area contributed by atoms with Crippen LogP contribution in [0, 0.1) is 0 Å². The Morgan fingerprint density at radius 1 is 1.22 bits per heavy atom. The van der Waals surface area contributed by atoms with Crippen molar-refractivity contribution in [1.82, 2.24) is 10.3 Å². The smallest absolute Gasteiger partial charge is 0.128 e. The molecular formula is C15H27N3. The Bertz CT molecular complexity index is 363. The Hall–Kier alpha value is -1.09. The third-order valence-corrected chi connectivity index (χ3v) is 2.76. The fourth-order valence-electron chi connectivity index (χ4n) is 1.59. The van der Waals surface area contributed by atoms with Gasteiger partial charge in [0.05, 0.1) is 0 Å². The normalized spacial score (nSPS) is 12.0. The number of hydrogen-bond acceptors (Lipinski definition) is 3. The van der Waals surface area contributed by atoms with E-state index >= 15 is 0 Å². The maximum absolute atomic E-state index is 4.67. The molecule has 1 rings (SSSR count). The molecule has 0 aliphatic rings. The number of rotatable bonds is 4. The topological polar surface area (TPSA) is 28.2 Å². The van der Waals surface area contributed by atoms with Crippen LogP contribution in [0.2, 0.25) is 0 Å². The molecule has 3 nitrogen and oxygen atoms in total. The van der Waals surface area contributed by atoms with Crippen molar-refractivity contribution in [2.24, 2.45) is 0 Å². The summed E-state index contributed by atoms with van der Waals surface area (Å²) in [5, 5.41) is 3.52. The average Bonchev–Trinajstić information content (AvgIpc) is 2.25. The molecule has 0 saturated heterocycles. The molecule has 1 aromatic heterocycles. The predicted octanol–water partition coefficient (Wildman–Crippen LogP) is 3.16. The van der Waals surface area contributed by atoms with E-state index in [1.807, 2.05) is 14.1 Å². The summed E-state index contributed by atoms with van der Waals surface area (Å²) >= 11 is 0. The van der Waals surface area contributed by atoms with Crippen molar-refractivity contribution in [2.75, 3.05) is 19.0 Å². The first-order valence-corrected chi connectivity index (χ1v) is 6.62. The van der Waals surface area contributed by atoms with E-state index in [-0.39, 0.29) is 5.54 Å². The third-order valence-electron chi connectivity index (χ3n) is 2.76. The maximum atomic E-state index is 4.67. The summed E-state index contributed by atoms with van der Waals surface area (Å²) in [6.07, 6.45) is 0. The van der Waals surface area contributed by atoms with Crippen LogP contribution in [-0.2, 0) is 6.54 Å². The molecule has 0 saturated carbocycles. The zero-order valence-electron chi connectivity index (χ0n) is 12.8. The van der Waals surface area contributed by atoms with Gasteiger partial charge in [0.2, 0.25) is 0 Å². The Labute approximate surface area is 112 Å². The molecule has 1 aromatic rings. The zero-order chi connectivity index (χ0) is 13.9. The van der Waals surface area contributed by atoms with Gasteiger partial charge in [-0.25, -0.2) is 4.98 Å². The van der Waals surface area contributed by atoms with E-state index in [0.29, 0.717) is 5.92 Å². The molecule has 0 radical (unpaired) electrons. The summed E-state index contributed by atoms with van der Waals surface area (Å²) in [4.78, 5) is 6.74. The van der Waals surface area contributed by atoms with Crippen LogP contribution in [0.25, 0.3) is 0 Å².